The molecule has 0 saturated heterocycles. The monoisotopic (exact) mass is 233 g/mol. The highest BCUT2D eigenvalue weighted by molar-refractivity contribution is 5.24. The summed E-state index contributed by atoms with van der Waals surface area (Å²) in [6, 6.07) is 0. The van der Waals surface area contributed by atoms with Crippen LogP contribution in [0.15, 0.2) is 11.6 Å². The summed E-state index contributed by atoms with van der Waals surface area (Å²) in [6.45, 7) is 2.95. The molecule has 2 aliphatic rings. The second kappa shape index (κ2) is 3.91. The number of rotatable bonds is 4. The Balaban J connectivity index is 1.79. The molecule has 0 radical (unpaired) electrons. The van der Waals surface area contributed by atoms with Crippen LogP contribution in [0.2, 0.25) is 0 Å². The topological polar surface area (TPSA) is 80.5 Å². The Morgan fingerprint density at radius 2 is 2.47 bits per heavy atom. The van der Waals surface area contributed by atoms with E-state index >= 15 is 0 Å². The van der Waals surface area contributed by atoms with Gasteiger partial charge in [0.25, 0.3) is 0 Å². The Labute approximate surface area is 101 Å². The van der Waals surface area contributed by atoms with E-state index in [0.29, 0.717) is 5.92 Å². The Morgan fingerprint density at radius 1 is 1.59 bits per heavy atom. The fourth-order valence-electron chi connectivity index (χ4n) is 3.61. The molecule has 92 valence electrons. The van der Waals surface area contributed by atoms with Crippen molar-refractivity contribution in [1.82, 2.24) is 20.6 Å². The fraction of sp³-hybridized carbons (Fsp3) is 0.750. The summed E-state index contributed by atoms with van der Waals surface area (Å²) in [4.78, 5) is 0. The summed E-state index contributed by atoms with van der Waals surface area (Å²) in [5, 5.41) is 14.3. The molecule has 1 saturated carbocycles. The summed E-state index contributed by atoms with van der Waals surface area (Å²) in [5.41, 5.74) is 7.80. The van der Waals surface area contributed by atoms with E-state index in [9.17, 15) is 0 Å². The molecule has 1 heterocycles. The van der Waals surface area contributed by atoms with E-state index in [2.05, 4.69) is 33.6 Å². The van der Waals surface area contributed by atoms with Crippen LogP contribution in [0.5, 0.6) is 0 Å². The van der Waals surface area contributed by atoms with Gasteiger partial charge in [0.05, 0.1) is 0 Å². The lowest BCUT2D eigenvalue weighted by molar-refractivity contribution is 0.00727. The van der Waals surface area contributed by atoms with Crippen molar-refractivity contribution >= 4 is 0 Å². The first-order valence-corrected chi connectivity index (χ1v) is 6.39. The predicted octanol–water partition coefficient (Wildman–Crippen LogP) is 1.06. The average Bonchev–Trinajstić information content (AvgIpc) is 2.94. The van der Waals surface area contributed by atoms with E-state index in [0.717, 1.165) is 24.7 Å². The van der Waals surface area contributed by atoms with Crippen molar-refractivity contribution in [3.63, 3.8) is 0 Å². The van der Waals surface area contributed by atoms with Crippen LogP contribution < -0.4 is 5.73 Å². The number of aromatic amines is 1. The van der Waals surface area contributed by atoms with Crippen LogP contribution in [0.4, 0.5) is 0 Å². The van der Waals surface area contributed by atoms with E-state index in [4.69, 9.17) is 5.73 Å². The highest BCUT2D eigenvalue weighted by Gasteiger charge is 2.54. The molecule has 1 fully saturated rings. The van der Waals surface area contributed by atoms with Crippen LogP contribution in [0.25, 0.3) is 0 Å². The summed E-state index contributed by atoms with van der Waals surface area (Å²) >= 11 is 0. The smallest absolute Gasteiger partial charge is 0.175 e. The van der Waals surface area contributed by atoms with Crippen LogP contribution in [-0.4, -0.2) is 27.2 Å². The SMILES string of the molecule is CCC1=CC2[C@@H](C1)C[C@@]2(CN)Cc1nn[nH]n1. The first-order valence-electron chi connectivity index (χ1n) is 6.39. The Hall–Kier alpha value is -1.23. The molecule has 0 aromatic carbocycles. The third-order valence-corrected chi connectivity index (χ3v) is 4.58. The van der Waals surface area contributed by atoms with Gasteiger partial charge in [-0.3, -0.25) is 0 Å². The van der Waals surface area contributed by atoms with Crippen LogP contribution in [0.3, 0.4) is 0 Å². The molecule has 1 unspecified atom stereocenters. The molecule has 0 bridgehead atoms. The summed E-state index contributed by atoms with van der Waals surface area (Å²) in [7, 11) is 0. The minimum Gasteiger partial charge on any atom is -0.330 e. The van der Waals surface area contributed by atoms with E-state index in [1.807, 2.05) is 0 Å². The maximum Gasteiger partial charge on any atom is 0.175 e. The van der Waals surface area contributed by atoms with E-state index in [-0.39, 0.29) is 5.41 Å². The lowest BCUT2D eigenvalue weighted by Crippen LogP contribution is -2.51. The lowest BCUT2D eigenvalue weighted by atomic mass is 9.53. The lowest BCUT2D eigenvalue weighted by Gasteiger charge is -2.51. The largest absolute Gasteiger partial charge is 0.330 e. The molecule has 5 nitrogen and oxygen atoms in total. The predicted molar refractivity (Wildman–Crippen MR) is 64.0 cm³/mol. The van der Waals surface area contributed by atoms with Crippen molar-refractivity contribution in [2.45, 2.75) is 32.6 Å². The normalized spacial score (nSPS) is 35.3. The van der Waals surface area contributed by atoms with Crippen LogP contribution in [-0.2, 0) is 6.42 Å². The highest BCUT2D eigenvalue weighted by atomic mass is 15.5. The zero-order valence-electron chi connectivity index (χ0n) is 10.2. The van der Waals surface area contributed by atoms with Crippen molar-refractivity contribution in [2.75, 3.05) is 6.54 Å². The minimum atomic E-state index is 0.186. The molecule has 1 aromatic rings. The Morgan fingerprint density at radius 3 is 3.12 bits per heavy atom. The summed E-state index contributed by atoms with van der Waals surface area (Å²) < 4.78 is 0. The van der Waals surface area contributed by atoms with Gasteiger partial charge in [0.15, 0.2) is 5.82 Å². The van der Waals surface area contributed by atoms with Gasteiger partial charge in [-0.15, -0.1) is 10.2 Å². The van der Waals surface area contributed by atoms with Gasteiger partial charge in [0.1, 0.15) is 0 Å². The standard InChI is InChI=1S/C12H19N5/c1-2-8-3-9-5-12(7-13,10(9)4-8)6-11-14-16-17-15-11/h4,9-10H,2-3,5-7,13H2,1H3,(H,14,15,16,17)/t9-,10?,12-/m0/s1. The fourth-order valence-corrected chi connectivity index (χ4v) is 3.61. The number of hydrogen-bond acceptors (Lipinski definition) is 4. The minimum absolute atomic E-state index is 0.186. The number of allylic oxidation sites excluding steroid dienone is 2. The number of H-pyrrole nitrogens is 1. The maximum atomic E-state index is 6.01. The third-order valence-electron chi connectivity index (χ3n) is 4.58. The second-order valence-electron chi connectivity index (χ2n) is 5.44. The van der Waals surface area contributed by atoms with Gasteiger partial charge in [-0.25, -0.2) is 0 Å². The molecule has 3 N–H and O–H groups in total. The van der Waals surface area contributed by atoms with Crippen LogP contribution in [0, 0.1) is 17.3 Å². The quantitative estimate of drug-likeness (QED) is 0.762. The van der Waals surface area contributed by atoms with Crippen molar-refractivity contribution < 1.29 is 0 Å². The number of nitrogens with zero attached hydrogens (tertiary/aromatic N) is 3. The second-order valence-corrected chi connectivity index (χ2v) is 5.44. The third kappa shape index (κ3) is 1.60. The molecule has 0 amide bonds. The Kier molecular flexibility index (Phi) is 2.50. The van der Waals surface area contributed by atoms with E-state index in [1.165, 1.54) is 19.3 Å². The van der Waals surface area contributed by atoms with Gasteiger partial charge in [-0.2, -0.15) is 5.21 Å². The molecule has 1 aromatic heterocycles. The van der Waals surface area contributed by atoms with Gasteiger partial charge in [0.2, 0.25) is 0 Å². The average molecular weight is 233 g/mol. The van der Waals surface area contributed by atoms with Gasteiger partial charge in [-0.05, 0) is 43.1 Å². The first-order chi connectivity index (χ1) is 8.27. The molecule has 3 rings (SSSR count). The number of hydrogen-bond donors (Lipinski definition) is 2. The molecular formula is C12H19N5. The van der Waals surface area contributed by atoms with Crippen LogP contribution in [0.1, 0.15) is 32.0 Å². The number of tetrazole rings is 1. The number of aromatic nitrogens is 4. The van der Waals surface area contributed by atoms with Gasteiger partial charge in [-0.1, -0.05) is 23.8 Å². The van der Waals surface area contributed by atoms with Gasteiger partial charge >= 0.3 is 0 Å². The number of fused-ring (bicyclic) bond motifs is 1. The zero-order chi connectivity index (χ0) is 11.9. The van der Waals surface area contributed by atoms with Crippen molar-refractivity contribution in [1.29, 1.82) is 0 Å². The van der Waals surface area contributed by atoms with E-state index in [1.54, 1.807) is 5.57 Å². The summed E-state index contributed by atoms with van der Waals surface area (Å²) in [5.74, 6) is 2.26. The molecule has 3 atom stereocenters. The molecule has 0 spiro atoms. The van der Waals surface area contributed by atoms with Crippen molar-refractivity contribution in [2.24, 2.45) is 23.0 Å². The van der Waals surface area contributed by atoms with Crippen LogP contribution >= 0.6 is 0 Å². The molecule has 5 heteroatoms. The molecule has 0 aliphatic heterocycles. The Bertz CT molecular complexity index is 424. The molecular weight excluding hydrogens is 214 g/mol. The maximum absolute atomic E-state index is 6.01. The van der Waals surface area contributed by atoms with Gasteiger partial charge in [0, 0.05) is 6.42 Å². The van der Waals surface area contributed by atoms with Crippen molar-refractivity contribution in [3.05, 3.63) is 17.5 Å². The highest BCUT2D eigenvalue weighted by Crippen LogP contribution is 2.58. The number of nitrogens with two attached hydrogens (primary N) is 1. The zero-order valence-corrected chi connectivity index (χ0v) is 10.2. The van der Waals surface area contributed by atoms with Crippen molar-refractivity contribution in [3.8, 4) is 0 Å². The van der Waals surface area contributed by atoms with Gasteiger partial charge < -0.3 is 5.73 Å². The number of nitrogens with one attached hydrogen (secondary N) is 1. The summed E-state index contributed by atoms with van der Waals surface area (Å²) in [6.07, 6.45) is 6.98. The molecule has 17 heavy (non-hydrogen) atoms. The molecule has 2 aliphatic carbocycles. The van der Waals surface area contributed by atoms with E-state index < -0.39 is 0 Å². The first kappa shape index (κ1) is 10.9.